The number of nitrogens with zero attached hydrogens (tertiary/aromatic N) is 1. The van der Waals surface area contributed by atoms with Crippen LogP contribution < -0.4 is 5.32 Å². The molecular weight excluding hydrogens is 268 g/mol. The first kappa shape index (κ1) is 12.8. The van der Waals surface area contributed by atoms with Gasteiger partial charge in [0.05, 0.1) is 11.1 Å². The van der Waals surface area contributed by atoms with Crippen molar-refractivity contribution in [2.24, 2.45) is 0 Å². The summed E-state index contributed by atoms with van der Waals surface area (Å²) < 4.78 is 0. The number of aromatic nitrogens is 1. The highest BCUT2D eigenvalue weighted by atomic mass is 32.1. The van der Waals surface area contributed by atoms with Crippen LogP contribution in [0.5, 0.6) is 0 Å². The maximum absolute atomic E-state index is 12.3. The topological polar surface area (TPSA) is 42.0 Å². The second-order valence-electron chi connectivity index (χ2n) is 4.51. The highest BCUT2D eigenvalue weighted by molar-refractivity contribution is 7.07. The van der Waals surface area contributed by atoms with E-state index < -0.39 is 0 Å². The predicted molar refractivity (Wildman–Crippen MR) is 82.1 cm³/mol. The summed E-state index contributed by atoms with van der Waals surface area (Å²) in [6, 6.07) is 11.5. The molecule has 2 heterocycles. The Bertz CT molecular complexity index is 717. The van der Waals surface area contributed by atoms with Crippen molar-refractivity contribution in [2.75, 3.05) is 6.54 Å². The summed E-state index contributed by atoms with van der Waals surface area (Å²) in [6.45, 7) is 0.645. The number of hydrogen-bond acceptors (Lipinski definition) is 3. The molecule has 3 rings (SSSR count). The number of carbonyl (C=O) groups excluding carboxylic acids is 1. The van der Waals surface area contributed by atoms with Crippen LogP contribution in [0.3, 0.4) is 0 Å². The molecule has 0 spiro atoms. The summed E-state index contributed by atoms with van der Waals surface area (Å²) >= 11 is 1.68. The fourth-order valence-electron chi connectivity index (χ4n) is 2.14. The molecule has 3 nitrogen and oxygen atoms in total. The summed E-state index contributed by atoms with van der Waals surface area (Å²) in [5.74, 6) is -0.0428. The van der Waals surface area contributed by atoms with Crippen LogP contribution in [0.2, 0.25) is 0 Å². The second kappa shape index (κ2) is 5.84. The molecule has 0 aliphatic heterocycles. The van der Waals surface area contributed by atoms with E-state index in [0.29, 0.717) is 12.1 Å². The van der Waals surface area contributed by atoms with Crippen molar-refractivity contribution in [1.29, 1.82) is 0 Å². The molecule has 0 unspecified atom stereocenters. The molecule has 20 heavy (non-hydrogen) atoms. The Morgan fingerprint density at radius 1 is 1.20 bits per heavy atom. The van der Waals surface area contributed by atoms with E-state index in [1.165, 1.54) is 5.56 Å². The fraction of sp³-hybridized carbons (Fsp3) is 0.125. The molecule has 1 aromatic carbocycles. The van der Waals surface area contributed by atoms with Gasteiger partial charge in [0.15, 0.2) is 0 Å². The summed E-state index contributed by atoms with van der Waals surface area (Å²) in [4.78, 5) is 16.5. The van der Waals surface area contributed by atoms with Gasteiger partial charge in [-0.15, -0.1) is 0 Å². The molecule has 1 amide bonds. The van der Waals surface area contributed by atoms with Crippen LogP contribution in [-0.2, 0) is 6.42 Å². The van der Waals surface area contributed by atoms with Gasteiger partial charge in [-0.3, -0.25) is 9.78 Å². The lowest BCUT2D eigenvalue weighted by molar-refractivity contribution is 0.0955. The predicted octanol–water partition coefficient (Wildman–Crippen LogP) is 3.27. The third kappa shape index (κ3) is 2.70. The lowest BCUT2D eigenvalue weighted by Crippen LogP contribution is -2.25. The Labute approximate surface area is 121 Å². The molecule has 0 aliphatic rings. The zero-order valence-electron chi connectivity index (χ0n) is 10.9. The number of benzene rings is 1. The molecule has 1 N–H and O–H groups in total. The first-order chi connectivity index (χ1) is 9.84. The number of carbonyl (C=O) groups is 1. The molecule has 0 aliphatic carbocycles. The largest absolute Gasteiger partial charge is 0.352 e. The number of pyridine rings is 1. The molecule has 100 valence electrons. The van der Waals surface area contributed by atoms with Crippen LogP contribution in [0, 0.1) is 0 Å². The molecule has 2 aromatic heterocycles. The van der Waals surface area contributed by atoms with Crippen molar-refractivity contribution >= 4 is 28.1 Å². The second-order valence-corrected chi connectivity index (χ2v) is 5.29. The van der Waals surface area contributed by atoms with E-state index in [-0.39, 0.29) is 5.91 Å². The molecular formula is C16H14N2OS. The highest BCUT2D eigenvalue weighted by Crippen LogP contribution is 2.15. The van der Waals surface area contributed by atoms with Crippen LogP contribution in [0.1, 0.15) is 15.9 Å². The van der Waals surface area contributed by atoms with Crippen molar-refractivity contribution in [3.05, 3.63) is 64.5 Å². The van der Waals surface area contributed by atoms with Crippen molar-refractivity contribution in [2.45, 2.75) is 6.42 Å². The smallest absolute Gasteiger partial charge is 0.252 e. The standard InChI is InChI=1S/C16H14N2OS/c19-16(18-8-5-12-7-10-20-11-12)14-6-9-17-15-4-2-1-3-13(14)15/h1-4,6-7,9-11H,5,8H2,(H,18,19). The molecule has 0 atom stereocenters. The number of rotatable bonds is 4. The lowest BCUT2D eigenvalue weighted by atomic mass is 10.1. The zero-order chi connectivity index (χ0) is 13.8. The van der Waals surface area contributed by atoms with Gasteiger partial charge >= 0.3 is 0 Å². The van der Waals surface area contributed by atoms with Crippen LogP contribution in [0.4, 0.5) is 0 Å². The molecule has 0 radical (unpaired) electrons. The highest BCUT2D eigenvalue weighted by Gasteiger charge is 2.09. The average molecular weight is 282 g/mol. The molecule has 0 saturated heterocycles. The Balaban J connectivity index is 1.72. The Morgan fingerprint density at radius 3 is 2.95 bits per heavy atom. The zero-order valence-corrected chi connectivity index (χ0v) is 11.7. The first-order valence-corrected chi connectivity index (χ1v) is 7.42. The van der Waals surface area contributed by atoms with Crippen molar-refractivity contribution in [3.8, 4) is 0 Å². The summed E-state index contributed by atoms with van der Waals surface area (Å²) in [6.07, 6.45) is 2.54. The van der Waals surface area contributed by atoms with E-state index in [1.54, 1.807) is 23.6 Å². The van der Waals surface area contributed by atoms with Crippen molar-refractivity contribution in [3.63, 3.8) is 0 Å². The number of para-hydroxylation sites is 1. The maximum Gasteiger partial charge on any atom is 0.252 e. The Morgan fingerprint density at radius 2 is 2.10 bits per heavy atom. The van der Waals surface area contributed by atoms with Gasteiger partial charge in [-0.2, -0.15) is 11.3 Å². The minimum absolute atomic E-state index is 0.0428. The number of amides is 1. The number of hydrogen-bond donors (Lipinski definition) is 1. The van der Waals surface area contributed by atoms with Crippen LogP contribution in [0.15, 0.2) is 53.4 Å². The number of thiophene rings is 1. The monoisotopic (exact) mass is 282 g/mol. The van der Waals surface area contributed by atoms with Crippen LogP contribution in [-0.4, -0.2) is 17.4 Å². The molecule has 0 saturated carbocycles. The van der Waals surface area contributed by atoms with Gasteiger partial charge in [0.1, 0.15) is 0 Å². The fourth-order valence-corrected chi connectivity index (χ4v) is 2.85. The minimum atomic E-state index is -0.0428. The van der Waals surface area contributed by atoms with E-state index >= 15 is 0 Å². The molecule has 3 aromatic rings. The van der Waals surface area contributed by atoms with Crippen LogP contribution >= 0.6 is 11.3 Å². The van der Waals surface area contributed by atoms with E-state index in [4.69, 9.17) is 0 Å². The third-order valence-corrected chi connectivity index (χ3v) is 3.91. The maximum atomic E-state index is 12.3. The van der Waals surface area contributed by atoms with Gasteiger partial charge in [-0.05, 0) is 40.9 Å². The van der Waals surface area contributed by atoms with E-state index in [2.05, 4.69) is 21.7 Å². The number of fused-ring (bicyclic) bond motifs is 1. The van der Waals surface area contributed by atoms with Gasteiger partial charge in [-0.25, -0.2) is 0 Å². The minimum Gasteiger partial charge on any atom is -0.352 e. The van der Waals surface area contributed by atoms with Gasteiger partial charge in [0.2, 0.25) is 0 Å². The van der Waals surface area contributed by atoms with Crippen molar-refractivity contribution in [1.82, 2.24) is 10.3 Å². The average Bonchev–Trinajstić information content (AvgIpc) is 3.00. The summed E-state index contributed by atoms with van der Waals surface area (Å²) in [5.41, 5.74) is 2.79. The molecule has 0 fully saturated rings. The van der Waals surface area contributed by atoms with E-state index in [0.717, 1.165) is 17.3 Å². The van der Waals surface area contributed by atoms with E-state index in [1.807, 2.05) is 29.6 Å². The Kier molecular flexibility index (Phi) is 3.74. The lowest BCUT2D eigenvalue weighted by Gasteiger charge is -2.07. The quantitative estimate of drug-likeness (QED) is 0.798. The molecule has 4 heteroatoms. The van der Waals surface area contributed by atoms with Crippen LogP contribution in [0.25, 0.3) is 10.9 Å². The summed E-state index contributed by atoms with van der Waals surface area (Å²) in [5, 5.41) is 8.01. The molecule has 0 bridgehead atoms. The van der Waals surface area contributed by atoms with Crippen molar-refractivity contribution < 1.29 is 4.79 Å². The van der Waals surface area contributed by atoms with Gasteiger partial charge in [-0.1, -0.05) is 18.2 Å². The van der Waals surface area contributed by atoms with E-state index in [9.17, 15) is 4.79 Å². The number of nitrogens with one attached hydrogen (secondary N) is 1. The Hall–Kier alpha value is -2.20. The normalized spacial score (nSPS) is 10.6. The summed E-state index contributed by atoms with van der Waals surface area (Å²) in [7, 11) is 0. The SMILES string of the molecule is O=C(NCCc1ccsc1)c1ccnc2ccccc12. The van der Waals surface area contributed by atoms with Gasteiger partial charge in [0, 0.05) is 18.1 Å². The third-order valence-electron chi connectivity index (χ3n) is 3.17. The first-order valence-electron chi connectivity index (χ1n) is 6.47. The van der Waals surface area contributed by atoms with Gasteiger partial charge in [0.25, 0.3) is 5.91 Å². The van der Waals surface area contributed by atoms with Gasteiger partial charge < -0.3 is 5.32 Å².